The van der Waals surface area contributed by atoms with Crippen LogP contribution >= 0.6 is 0 Å². The lowest BCUT2D eigenvalue weighted by molar-refractivity contribution is -0.159. The highest BCUT2D eigenvalue weighted by atomic mass is 19.4. The normalized spacial score (nSPS) is 13.8. The third-order valence-corrected chi connectivity index (χ3v) is 1.16. The van der Waals surface area contributed by atoms with Gasteiger partial charge in [0.1, 0.15) is 6.04 Å². The Balaban J connectivity index is 4.11. The van der Waals surface area contributed by atoms with E-state index in [2.05, 4.69) is 0 Å². The zero-order valence-corrected chi connectivity index (χ0v) is 6.53. The number of alkyl halides is 3. The summed E-state index contributed by atoms with van der Waals surface area (Å²) in [6, 6.07) is -1.99. The van der Waals surface area contributed by atoms with Crippen LogP contribution in [0.15, 0.2) is 0 Å². The predicted molar refractivity (Wildman–Crippen MR) is 34.3 cm³/mol. The van der Waals surface area contributed by atoms with Gasteiger partial charge in [-0.25, -0.2) is 0 Å². The number of nitrogens with one attached hydrogen (secondary N) is 1. The Morgan fingerprint density at radius 1 is 1.33 bits per heavy atom. The summed E-state index contributed by atoms with van der Waals surface area (Å²) < 4.78 is 35.2. The molecular formula is C6H8F3NO2. The molecule has 1 N–H and O–H groups in total. The zero-order chi connectivity index (χ0) is 9.94. The molecule has 0 aliphatic rings. The summed E-state index contributed by atoms with van der Waals surface area (Å²) in [7, 11) is 0. The van der Waals surface area contributed by atoms with Crippen molar-refractivity contribution in [3.8, 4) is 0 Å². The van der Waals surface area contributed by atoms with Crippen LogP contribution in [0.1, 0.15) is 13.8 Å². The SMILES string of the molecule is CC(=O)C(=O)NC(C)C(F)(F)F. The van der Waals surface area contributed by atoms with E-state index in [0.717, 1.165) is 13.8 Å². The number of hydrogen-bond donors (Lipinski definition) is 1. The van der Waals surface area contributed by atoms with Crippen LogP contribution in [0.5, 0.6) is 0 Å². The largest absolute Gasteiger partial charge is 0.408 e. The lowest BCUT2D eigenvalue weighted by Gasteiger charge is -2.15. The minimum atomic E-state index is -4.51. The standard InChI is InChI=1S/C6H8F3NO2/c1-3(11)5(12)10-4(2)6(7,8)9/h4H,1-2H3,(H,10,12). The smallest absolute Gasteiger partial charge is 0.338 e. The van der Waals surface area contributed by atoms with E-state index in [4.69, 9.17) is 0 Å². The first kappa shape index (κ1) is 10.9. The third kappa shape index (κ3) is 3.36. The number of hydrogen-bond acceptors (Lipinski definition) is 2. The quantitative estimate of drug-likeness (QED) is 0.638. The van der Waals surface area contributed by atoms with Crippen molar-refractivity contribution in [2.24, 2.45) is 0 Å². The van der Waals surface area contributed by atoms with Gasteiger partial charge in [-0.1, -0.05) is 0 Å². The van der Waals surface area contributed by atoms with Gasteiger partial charge in [-0.15, -0.1) is 0 Å². The highest BCUT2D eigenvalue weighted by molar-refractivity contribution is 6.35. The number of carbonyl (C=O) groups is 2. The molecule has 0 aliphatic carbocycles. The van der Waals surface area contributed by atoms with Crippen molar-refractivity contribution in [3.63, 3.8) is 0 Å². The molecule has 0 saturated carbocycles. The summed E-state index contributed by atoms with van der Waals surface area (Å²) in [4.78, 5) is 20.7. The van der Waals surface area contributed by atoms with Gasteiger partial charge in [0.05, 0.1) is 0 Å². The molecule has 6 heteroatoms. The van der Waals surface area contributed by atoms with Crippen LogP contribution < -0.4 is 5.32 Å². The van der Waals surface area contributed by atoms with Gasteiger partial charge in [0.15, 0.2) is 0 Å². The minimum Gasteiger partial charge on any atom is -0.338 e. The first-order chi connectivity index (χ1) is 5.25. The molecule has 0 aliphatic heterocycles. The van der Waals surface area contributed by atoms with Crippen LogP contribution in [-0.2, 0) is 9.59 Å². The number of rotatable bonds is 2. The molecule has 0 heterocycles. The average molecular weight is 183 g/mol. The molecule has 1 unspecified atom stereocenters. The summed E-state index contributed by atoms with van der Waals surface area (Å²) in [5, 5.41) is 1.51. The second-order valence-corrected chi connectivity index (χ2v) is 2.29. The molecule has 0 fully saturated rings. The van der Waals surface area contributed by atoms with Gasteiger partial charge in [0.2, 0.25) is 5.78 Å². The van der Waals surface area contributed by atoms with Gasteiger partial charge in [0.25, 0.3) is 5.91 Å². The molecule has 12 heavy (non-hydrogen) atoms. The van der Waals surface area contributed by atoms with Crippen molar-refractivity contribution in [2.45, 2.75) is 26.1 Å². The molecule has 3 nitrogen and oxygen atoms in total. The fourth-order valence-corrected chi connectivity index (χ4v) is 0.380. The molecule has 1 amide bonds. The molecular weight excluding hydrogens is 175 g/mol. The van der Waals surface area contributed by atoms with Crippen molar-refractivity contribution in [1.82, 2.24) is 5.32 Å². The van der Waals surface area contributed by atoms with Gasteiger partial charge in [-0.2, -0.15) is 13.2 Å². The van der Waals surface area contributed by atoms with Crippen LogP contribution in [0, 0.1) is 0 Å². The Kier molecular flexibility index (Phi) is 3.24. The fraction of sp³-hybridized carbons (Fsp3) is 0.667. The average Bonchev–Trinajstić information content (AvgIpc) is 1.85. The monoisotopic (exact) mass is 183 g/mol. The number of carbonyl (C=O) groups excluding carboxylic acids is 2. The molecule has 1 atom stereocenters. The summed E-state index contributed by atoms with van der Waals surface area (Å²) in [5.74, 6) is -2.16. The van der Waals surface area contributed by atoms with E-state index in [1.807, 2.05) is 0 Å². The molecule has 0 saturated heterocycles. The second kappa shape index (κ2) is 3.55. The highest BCUT2D eigenvalue weighted by Gasteiger charge is 2.37. The first-order valence-corrected chi connectivity index (χ1v) is 3.13. The molecule has 0 spiro atoms. The van der Waals surface area contributed by atoms with Crippen molar-refractivity contribution in [2.75, 3.05) is 0 Å². The topological polar surface area (TPSA) is 46.2 Å². The van der Waals surface area contributed by atoms with Gasteiger partial charge < -0.3 is 5.32 Å². The molecule has 70 valence electrons. The predicted octanol–water partition coefficient (Wildman–Crippen LogP) is 0.642. The maximum absolute atomic E-state index is 11.7. The van der Waals surface area contributed by atoms with E-state index in [1.54, 1.807) is 0 Å². The van der Waals surface area contributed by atoms with E-state index in [-0.39, 0.29) is 0 Å². The lowest BCUT2D eigenvalue weighted by atomic mass is 10.3. The molecule has 0 aromatic rings. The number of amides is 1. The summed E-state index contributed by atoms with van der Waals surface area (Å²) in [5.41, 5.74) is 0. The number of halogens is 3. The van der Waals surface area contributed by atoms with E-state index >= 15 is 0 Å². The van der Waals surface area contributed by atoms with Crippen molar-refractivity contribution in [3.05, 3.63) is 0 Å². The Morgan fingerprint density at radius 2 is 1.75 bits per heavy atom. The number of Topliss-reactive ketones (excluding diaryl/α,β-unsaturated/α-hetero) is 1. The first-order valence-electron chi connectivity index (χ1n) is 3.13. The maximum atomic E-state index is 11.7. The van der Waals surface area contributed by atoms with Crippen molar-refractivity contribution < 1.29 is 22.8 Å². The summed E-state index contributed by atoms with van der Waals surface area (Å²) in [6.07, 6.45) is -4.51. The zero-order valence-electron chi connectivity index (χ0n) is 6.53. The van der Waals surface area contributed by atoms with Crippen LogP contribution in [-0.4, -0.2) is 23.9 Å². The fourth-order valence-electron chi connectivity index (χ4n) is 0.380. The van der Waals surface area contributed by atoms with E-state index in [0.29, 0.717) is 0 Å². The Labute approximate surface area is 66.9 Å². The Morgan fingerprint density at radius 3 is 2.00 bits per heavy atom. The van der Waals surface area contributed by atoms with Crippen LogP contribution in [0.2, 0.25) is 0 Å². The highest BCUT2D eigenvalue weighted by Crippen LogP contribution is 2.19. The molecule has 0 rings (SSSR count). The van der Waals surface area contributed by atoms with Gasteiger partial charge in [-0.3, -0.25) is 9.59 Å². The maximum Gasteiger partial charge on any atom is 0.408 e. The molecule has 0 radical (unpaired) electrons. The van der Waals surface area contributed by atoms with Gasteiger partial charge in [0, 0.05) is 6.92 Å². The summed E-state index contributed by atoms with van der Waals surface area (Å²) in [6.45, 7) is 1.67. The van der Waals surface area contributed by atoms with Crippen molar-refractivity contribution >= 4 is 11.7 Å². The Hall–Kier alpha value is -1.07. The molecule has 0 aromatic heterocycles. The van der Waals surface area contributed by atoms with E-state index in [9.17, 15) is 22.8 Å². The second-order valence-electron chi connectivity index (χ2n) is 2.29. The van der Waals surface area contributed by atoms with Crippen LogP contribution in [0.4, 0.5) is 13.2 Å². The lowest BCUT2D eigenvalue weighted by Crippen LogP contribution is -2.45. The summed E-state index contributed by atoms with van der Waals surface area (Å²) >= 11 is 0. The van der Waals surface area contributed by atoms with E-state index in [1.165, 1.54) is 5.32 Å². The van der Waals surface area contributed by atoms with Gasteiger partial charge in [-0.05, 0) is 6.92 Å². The Bertz CT molecular complexity index is 199. The van der Waals surface area contributed by atoms with Gasteiger partial charge >= 0.3 is 6.18 Å². The number of ketones is 1. The third-order valence-electron chi connectivity index (χ3n) is 1.16. The van der Waals surface area contributed by atoms with Crippen LogP contribution in [0.25, 0.3) is 0 Å². The van der Waals surface area contributed by atoms with Crippen molar-refractivity contribution in [1.29, 1.82) is 0 Å². The molecule has 0 bridgehead atoms. The van der Waals surface area contributed by atoms with Crippen LogP contribution in [0.3, 0.4) is 0 Å². The minimum absolute atomic E-state index is 0.765. The molecule has 0 aromatic carbocycles. The van der Waals surface area contributed by atoms with E-state index < -0.39 is 23.9 Å².